The summed E-state index contributed by atoms with van der Waals surface area (Å²) in [5.41, 5.74) is 6.44. The number of carbonyl (C=O) groups excluding carboxylic acids is 2. The number of aromatic nitrogens is 5. The van der Waals surface area contributed by atoms with E-state index in [0.717, 1.165) is 37.9 Å². The van der Waals surface area contributed by atoms with Crippen molar-refractivity contribution in [2.45, 2.75) is 50.9 Å². The summed E-state index contributed by atoms with van der Waals surface area (Å²) in [6.45, 7) is 1.66. The first-order valence-corrected chi connectivity index (χ1v) is 12.4. The Bertz CT molecular complexity index is 1580. The van der Waals surface area contributed by atoms with Crippen LogP contribution in [0.15, 0.2) is 48.9 Å². The van der Waals surface area contributed by atoms with Crippen LogP contribution >= 0.6 is 0 Å². The van der Waals surface area contributed by atoms with Crippen LogP contribution in [0.25, 0.3) is 11.3 Å². The maximum absolute atomic E-state index is 12.9. The van der Waals surface area contributed by atoms with E-state index >= 15 is 0 Å². The minimum atomic E-state index is -4.48. The second kappa shape index (κ2) is 8.82. The number of rotatable bonds is 6. The van der Waals surface area contributed by atoms with Crippen molar-refractivity contribution in [3.63, 3.8) is 0 Å². The third-order valence-electron chi connectivity index (χ3n) is 7.59. The third-order valence-corrected chi connectivity index (χ3v) is 7.59. The lowest BCUT2D eigenvalue weighted by Crippen LogP contribution is -2.58. The number of amides is 2. The van der Waals surface area contributed by atoms with Gasteiger partial charge >= 0.3 is 6.18 Å². The molecule has 2 fully saturated rings. The number of pyridine rings is 2. The van der Waals surface area contributed by atoms with E-state index in [0.29, 0.717) is 16.8 Å². The van der Waals surface area contributed by atoms with E-state index in [2.05, 4.69) is 20.5 Å². The second-order valence-corrected chi connectivity index (χ2v) is 10.3. The van der Waals surface area contributed by atoms with Gasteiger partial charge in [-0.15, -0.1) is 5.10 Å². The number of alkyl halides is 3. The van der Waals surface area contributed by atoms with Crippen molar-refractivity contribution in [1.29, 1.82) is 0 Å². The van der Waals surface area contributed by atoms with Crippen LogP contribution < -0.4 is 15.8 Å². The van der Waals surface area contributed by atoms with Crippen LogP contribution in [0.1, 0.15) is 57.7 Å². The number of halogens is 3. The molecule has 3 N–H and O–H groups in total. The van der Waals surface area contributed by atoms with Crippen molar-refractivity contribution < 1.29 is 27.5 Å². The zero-order valence-corrected chi connectivity index (χ0v) is 20.8. The van der Waals surface area contributed by atoms with Crippen molar-refractivity contribution >= 4 is 17.3 Å². The molecule has 1 spiro atoms. The highest BCUT2D eigenvalue weighted by atomic mass is 19.4. The van der Waals surface area contributed by atoms with E-state index in [1.165, 1.54) is 16.9 Å². The Morgan fingerprint density at radius 1 is 1.13 bits per heavy atom. The third kappa shape index (κ3) is 4.37. The van der Waals surface area contributed by atoms with Crippen molar-refractivity contribution in [3.05, 3.63) is 71.3 Å². The summed E-state index contributed by atoms with van der Waals surface area (Å²) in [6, 6.07) is 7.49. The first-order valence-electron chi connectivity index (χ1n) is 12.4. The van der Waals surface area contributed by atoms with Gasteiger partial charge in [0.05, 0.1) is 28.5 Å². The summed E-state index contributed by atoms with van der Waals surface area (Å²) in [5.74, 6) is -0.478. The number of nitrogens with one attached hydrogen (secondary N) is 1. The fraction of sp³-hybridized carbons (Fsp3) is 0.346. The molecule has 4 aromatic heterocycles. The molecule has 39 heavy (non-hydrogen) atoms. The fourth-order valence-corrected chi connectivity index (χ4v) is 5.67. The van der Waals surface area contributed by atoms with Crippen molar-refractivity contribution in [2.75, 3.05) is 0 Å². The lowest BCUT2D eigenvalue weighted by atomic mass is 9.53. The summed E-state index contributed by atoms with van der Waals surface area (Å²) in [5, 5.41) is 11.5. The number of nitrogens with zero attached hydrogens (tertiary/aromatic N) is 5. The van der Waals surface area contributed by atoms with Gasteiger partial charge in [0, 0.05) is 18.4 Å². The molecule has 2 amide bonds. The lowest BCUT2D eigenvalue weighted by Gasteiger charge is -2.57. The van der Waals surface area contributed by atoms with Crippen LogP contribution in [0.3, 0.4) is 0 Å². The van der Waals surface area contributed by atoms with Crippen molar-refractivity contribution in [3.8, 4) is 11.7 Å². The van der Waals surface area contributed by atoms with Crippen LogP contribution in [0.5, 0.6) is 5.88 Å². The SMILES string of the molecule is Cc1c(C(=O)N[C@H]2CC3(C2)C[C@H](Oc2nn4ccccc4c2C(N)=O)C3)cnn1-c1ccc(C(F)(F)F)cn1. The van der Waals surface area contributed by atoms with E-state index in [-0.39, 0.29) is 40.7 Å². The van der Waals surface area contributed by atoms with Crippen molar-refractivity contribution in [1.82, 2.24) is 29.7 Å². The zero-order chi connectivity index (χ0) is 27.5. The molecule has 6 rings (SSSR count). The number of hydrogen-bond acceptors (Lipinski definition) is 6. The first kappa shape index (κ1) is 24.9. The number of hydrogen-bond donors (Lipinski definition) is 2. The Kier molecular flexibility index (Phi) is 5.63. The minimum absolute atomic E-state index is 0.0123. The Morgan fingerprint density at radius 2 is 1.90 bits per heavy atom. The molecular formula is C26H24F3N7O3. The maximum Gasteiger partial charge on any atom is 0.417 e. The average Bonchev–Trinajstić information content (AvgIpc) is 3.41. The topological polar surface area (TPSA) is 129 Å². The number of carbonyl (C=O) groups is 2. The molecule has 0 aliphatic heterocycles. The quantitative estimate of drug-likeness (QED) is 0.386. The molecule has 13 heteroatoms. The molecule has 2 saturated carbocycles. The van der Waals surface area contributed by atoms with E-state index in [9.17, 15) is 22.8 Å². The molecule has 0 bridgehead atoms. The maximum atomic E-state index is 12.9. The largest absolute Gasteiger partial charge is 0.473 e. The van der Waals surface area contributed by atoms with Gasteiger partial charge < -0.3 is 15.8 Å². The summed E-state index contributed by atoms with van der Waals surface area (Å²) in [6.07, 6.45) is 2.41. The van der Waals surface area contributed by atoms with Crippen LogP contribution in [0, 0.1) is 12.3 Å². The zero-order valence-electron chi connectivity index (χ0n) is 20.8. The summed E-state index contributed by atoms with van der Waals surface area (Å²) in [7, 11) is 0. The van der Waals surface area contributed by atoms with Gasteiger partial charge in [0.25, 0.3) is 11.8 Å². The molecule has 4 aromatic rings. The molecule has 0 unspecified atom stereocenters. The number of fused-ring (bicyclic) bond motifs is 1. The summed E-state index contributed by atoms with van der Waals surface area (Å²) in [4.78, 5) is 28.7. The number of ether oxygens (including phenoxy) is 1. The highest BCUT2D eigenvalue weighted by Gasteiger charge is 2.54. The Labute approximate surface area is 220 Å². The van der Waals surface area contributed by atoms with Gasteiger partial charge in [0.15, 0.2) is 5.82 Å². The first-order chi connectivity index (χ1) is 18.5. The second-order valence-electron chi connectivity index (χ2n) is 10.3. The number of nitrogens with two attached hydrogens (primary N) is 1. The van der Waals surface area contributed by atoms with Crippen LogP contribution in [-0.2, 0) is 6.18 Å². The van der Waals surface area contributed by atoms with E-state index in [1.54, 1.807) is 35.8 Å². The molecule has 0 saturated heterocycles. The highest BCUT2D eigenvalue weighted by molar-refractivity contribution is 6.02. The van der Waals surface area contributed by atoms with E-state index in [1.807, 2.05) is 0 Å². The lowest BCUT2D eigenvalue weighted by molar-refractivity contribution is -0.137. The van der Waals surface area contributed by atoms with Gasteiger partial charge in [-0.3, -0.25) is 9.59 Å². The van der Waals surface area contributed by atoms with Gasteiger partial charge in [0.2, 0.25) is 5.88 Å². The molecule has 2 aliphatic carbocycles. The minimum Gasteiger partial charge on any atom is -0.473 e. The highest BCUT2D eigenvalue weighted by Crippen LogP contribution is 2.57. The predicted molar refractivity (Wildman–Crippen MR) is 131 cm³/mol. The van der Waals surface area contributed by atoms with Gasteiger partial charge in [-0.1, -0.05) is 6.07 Å². The van der Waals surface area contributed by atoms with Crippen LogP contribution in [0.2, 0.25) is 0 Å². The molecule has 0 radical (unpaired) electrons. The van der Waals surface area contributed by atoms with Crippen LogP contribution in [-0.4, -0.2) is 48.3 Å². The van der Waals surface area contributed by atoms with Crippen LogP contribution in [0.4, 0.5) is 13.2 Å². The molecule has 0 aromatic carbocycles. The molecule has 202 valence electrons. The predicted octanol–water partition coefficient (Wildman–Crippen LogP) is 3.46. The molecule has 10 nitrogen and oxygen atoms in total. The fourth-order valence-electron chi connectivity index (χ4n) is 5.67. The Morgan fingerprint density at radius 3 is 2.56 bits per heavy atom. The van der Waals surface area contributed by atoms with Gasteiger partial charge in [-0.05, 0) is 62.3 Å². The monoisotopic (exact) mass is 539 g/mol. The molecule has 4 heterocycles. The van der Waals surface area contributed by atoms with Crippen molar-refractivity contribution in [2.24, 2.45) is 11.1 Å². The normalized spacial score (nSPS) is 22.4. The Balaban J connectivity index is 1.04. The smallest absolute Gasteiger partial charge is 0.417 e. The van der Waals surface area contributed by atoms with E-state index in [4.69, 9.17) is 10.5 Å². The van der Waals surface area contributed by atoms with Gasteiger partial charge in [-0.2, -0.15) is 18.3 Å². The standard InChI is InChI=1S/C26H24F3N7O3/c1-14-18(13-32-36(14)20-6-5-15(12-31-20)26(27,28)29)23(38)33-16-8-25(9-16)10-17(11-25)39-24-21(22(30)37)19-4-2-3-7-35(19)34-24/h2-7,12-13,16-17H,8-11H2,1H3,(H2,30,37)(H,33,38)/t16-,17-,25?. The molecule has 0 atom stereocenters. The van der Waals surface area contributed by atoms with Gasteiger partial charge in [-0.25, -0.2) is 14.2 Å². The summed E-state index contributed by atoms with van der Waals surface area (Å²) < 4.78 is 47.4. The Hall–Kier alpha value is -4.42. The molecule has 2 aliphatic rings. The average molecular weight is 540 g/mol. The summed E-state index contributed by atoms with van der Waals surface area (Å²) >= 11 is 0. The number of primary amides is 1. The molecular weight excluding hydrogens is 515 g/mol. The van der Waals surface area contributed by atoms with E-state index < -0.39 is 17.6 Å². The van der Waals surface area contributed by atoms with Gasteiger partial charge in [0.1, 0.15) is 11.7 Å².